The Hall–Kier alpha value is -3.51. The van der Waals surface area contributed by atoms with Gasteiger partial charge in [0.05, 0.1) is 23.6 Å². The Balaban J connectivity index is 1.70. The van der Waals surface area contributed by atoms with Gasteiger partial charge < -0.3 is 14.8 Å². The first-order chi connectivity index (χ1) is 14.7. The number of anilines is 1. The van der Waals surface area contributed by atoms with Crippen LogP contribution in [0.25, 0.3) is 5.69 Å². The smallest absolute Gasteiger partial charge is 0.174 e. The number of pyridine rings is 2. The fourth-order valence-electron chi connectivity index (χ4n) is 4.15. The summed E-state index contributed by atoms with van der Waals surface area (Å²) < 4.78 is 2.25. The van der Waals surface area contributed by atoms with Crippen molar-refractivity contribution in [2.75, 3.05) is 4.90 Å². The number of para-hydroxylation sites is 1. The molecule has 0 aliphatic carbocycles. The molecule has 4 aromatic rings. The molecule has 4 heterocycles. The third-order valence-electron chi connectivity index (χ3n) is 5.45. The lowest BCUT2D eigenvalue weighted by Crippen LogP contribution is -2.30. The number of aryl methyl sites for hydroxylation is 1. The van der Waals surface area contributed by atoms with Crippen molar-refractivity contribution in [3.8, 4) is 5.69 Å². The van der Waals surface area contributed by atoms with Gasteiger partial charge in [-0.3, -0.25) is 9.97 Å². The quantitative estimate of drug-likeness (QED) is 0.491. The van der Waals surface area contributed by atoms with E-state index in [1.165, 1.54) is 0 Å². The Kier molecular flexibility index (Phi) is 4.77. The molecule has 0 saturated carbocycles. The zero-order valence-corrected chi connectivity index (χ0v) is 17.3. The van der Waals surface area contributed by atoms with Crippen molar-refractivity contribution in [1.29, 1.82) is 0 Å². The van der Waals surface area contributed by atoms with Crippen LogP contribution in [0.15, 0.2) is 91.4 Å². The molecule has 148 valence electrons. The SMILES string of the molecule is Cc1ccc(C2C(c3ccccn3)NC(=S)N2c2ccccc2)n1-c1cccnc1. The van der Waals surface area contributed by atoms with Crippen LogP contribution >= 0.6 is 12.2 Å². The highest BCUT2D eigenvalue weighted by molar-refractivity contribution is 7.80. The summed E-state index contributed by atoms with van der Waals surface area (Å²) in [5.74, 6) is 0. The summed E-state index contributed by atoms with van der Waals surface area (Å²) in [6.45, 7) is 2.11. The van der Waals surface area contributed by atoms with Gasteiger partial charge in [-0.05, 0) is 67.7 Å². The maximum atomic E-state index is 5.81. The van der Waals surface area contributed by atoms with E-state index in [0.717, 1.165) is 28.5 Å². The summed E-state index contributed by atoms with van der Waals surface area (Å²) in [5.41, 5.74) is 5.31. The van der Waals surface area contributed by atoms with Crippen LogP contribution < -0.4 is 10.2 Å². The van der Waals surface area contributed by atoms with Crippen LogP contribution in [0.3, 0.4) is 0 Å². The van der Waals surface area contributed by atoms with E-state index in [-0.39, 0.29) is 12.1 Å². The molecule has 1 saturated heterocycles. The summed E-state index contributed by atoms with van der Waals surface area (Å²) >= 11 is 5.81. The summed E-state index contributed by atoms with van der Waals surface area (Å²) in [7, 11) is 0. The molecule has 0 radical (unpaired) electrons. The second-order valence-electron chi connectivity index (χ2n) is 7.28. The largest absolute Gasteiger partial charge is 0.351 e. The highest BCUT2D eigenvalue weighted by Gasteiger charge is 2.42. The first-order valence-electron chi connectivity index (χ1n) is 9.88. The molecule has 0 spiro atoms. The summed E-state index contributed by atoms with van der Waals surface area (Å²) in [6, 6.07) is 24.5. The van der Waals surface area contributed by atoms with Gasteiger partial charge >= 0.3 is 0 Å². The van der Waals surface area contributed by atoms with Crippen molar-refractivity contribution in [2.45, 2.75) is 19.0 Å². The monoisotopic (exact) mass is 411 g/mol. The van der Waals surface area contributed by atoms with E-state index in [9.17, 15) is 0 Å². The second-order valence-corrected chi connectivity index (χ2v) is 7.67. The highest BCUT2D eigenvalue weighted by Crippen LogP contribution is 2.42. The van der Waals surface area contributed by atoms with Crippen molar-refractivity contribution < 1.29 is 0 Å². The molecule has 1 aliphatic heterocycles. The van der Waals surface area contributed by atoms with Crippen molar-refractivity contribution >= 4 is 23.0 Å². The first-order valence-corrected chi connectivity index (χ1v) is 10.3. The fourth-order valence-corrected chi connectivity index (χ4v) is 4.50. The Bertz CT molecular complexity index is 1160. The molecule has 3 aromatic heterocycles. The lowest BCUT2D eigenvalue weighted by atomic mass is 10.0. The van der Waals surface area contributed by atoms with Crippen LogP contribution in [0.2, 0.25) is 0 Å². The molecule has 1 fully saturated rings. The maximum absolute atomic E-state index is 5.81. The van der Waals surface area contributed by atoms with Gasteiger partial charge in [-0.1, -0.05) is 24.3 Å². The van der Waals surface area contributed by atoms with Gasteiger partial charge in [-0.2, -0.15) is 0 Å². The third kappa shape index (κ3) is 3.15. The molecule has 1 aromatic carbocycles. The van der Waals surface area contributed by atoms with Gasteiger partial charge in [0.25, 0.3) is 0 Å². The third-order valence-corrected chi connectivity index (χ3v) is 5.76. The zero-order chi connectivity index (χ0) is 20.5. The molecule has 1 aliphatic rings. The Morgan fingerprint density at radius 2 is 1.67 bits per heavy atom. The zero-order valence-electron chi connectivity index (χ0n) is 16.5. The van der Waals surface area contributed by atoms with Crippen LogP contribution in [0.1, 0.15) is 29.2 Å². The van der Waals surface area contributed by atoms with E-state index in [1.807, 2.05) is 54.9 Å². The number of rotatable bonds is 4. The van der Waals surface area contributed by atoms with Gasteiger partial charge in [0.15, 0.2) is 5.11 Å². The molecule has 2 unspecified atom stereocenters. The Morgan fingerprint density at radius 1 is 0.867 bits per heavy atom. The van der Waals surface area contributed by atoms with Crippen LogP contribution in [0.5, 0.6) is 0 Å². The van der Waals surface area contributed by atoms with Crippen molar-refractivity contribution in [3.63, 3.8) is 0 Å². The number of thiocarbonyl (C=S) groups is 1. The Morgan fingerprint density at radius 3 is 2.40 bits per heavy atom. The molecule has 30 heavy (non-hydrogen) atoms. The van der Waals surface area contributed by atoms with Gasteiger partial charge in [-0.25, -0.2) is 0 Å². The normalized spacial score (nSPS) is 18.4. The average Bonchev–Trinajstić information content (AvgIpc) is 3.35. The van der Waals surface area contributed by atoms with Gasteiger partial charge in [0.1, 0.15) is 6.04 Å². The highest BCUT2D eigenvalue weighted by atomic mass is 32.1. The number of benzene rings is 1. The number of hydrogen-bond acceptors (Lipinski definition) is 3. The van der Waals surface area contributed by atoms with E-state index >= 15 is 0 Å². The predicted molar refractivity (Wildman–Crippen MR) is 123 cm³/mol. The minimum Gasteiger partial charge on any atom is -0.351 e. The molecule has 2 atom stereocenters. The van der Waals surface area contributed by atoms with Crippen molar-refractivity contribution in [2.24, 2.45) is 0 Å². The fraction of sp³-hybridized carbons (Fsp3) is 0.125. The van der Waals surface area contributed by atoms with E-state index in [2.05, 4.69) is 62.0 Å². The van der Waals surface area contributed by atoms with Crippen LogP contribution in [0.4, 0.5) is 5.69 Å². The van der Waals surface area contributed by atoms with E-state index in [0.29, 0.717) is 5.11 Å². The van der Waals surface area contributed by atoms with E-state index in [1.54, 1.807) is 6.20 Å². The van der Waals surface area contributed by atoms with Crippen LogP contribution in [-0.4, -0.2) is 19.6 Å². The molecule has 6 heteroatoms. The van der Waals surface area contributed by atoms with Crippen molar-refractivity contribution in [3.05, 3.63) is 108 Å². The first kappa shape index (κ1) is 18.5. The van der Waals surface area contributed by atoms with Gasteiger partial charge in [0, 0.05) is 29.5 Å². The van der Waals surface area contributed by atoms with E-state index < -0.39 is 0 Å². The van der Waals surface area contributed by atoms with Gasteiger partial charge in [0.2, 0.25) is 0 Å². The lowest BCUT2D eigenvalue weighted by molar-refractivity contribution is 0.548. The molecule has 0 amide bonds. The summed E-state index contributed by atoms with van der Waals surface area (Å²) in [4.78, 5) is 11.2. The number of aromatic nitrogens is 3. The molecule has 1 N–H and O–H groups in total. The topological polar surface area (TPSA) is 46.0 Å². The maximum Gasteiger partial charge on any atom is 0.174 e. The second kappa shape index (κ2) is 7.72. The average molecular weight is 412 g/mol. The number of nitrogens with one attached hydrogen (secondary N) is 1. The Labute approximate surface area is 181 Å². The van der Waals surface area contributed by atoms with Gasteiger partial charge in [-0.15, -0.1) is 0 Å². The summed E-state index contributed by atoms with van der Waals surface area (Å²) in [6.07, 6.45) is 5.51. The van der Waals surface area contributed by atoms with Crippen LogP contribution in [0, 0.1) is 6.92 Å². The minimum absolute atomic E-state index is 0.0660. The molecule has 0 bridgehead atoms. The summed E-state index contributed by atoms with van der Waals surface area (Å²) in [5, 5.41) is 4.21. The number of nitrogens with zero attached hydrogens (tertiary/aromatic N) is 4. The molecule has 5 rings (SSSR count). The lowest BCUT2D eigenvalue weighted by Gasteiger charge is -2.29. The molecular formula is C24H21N5S. The van der Waals surface area contributed by atoms with E-state index in [4.69, 9.17) is 12.2 Å². The number of hydrogen-bond donors (Lipinski definition) is 1. The van der Waals surface area contributed by atoms with Crippen molar-refractivity contribution in [1.82, 2.24) is 19.9 Å². The predicted octanol–water partition coefficient (Wildman–Crippen LogP) is 4.75. The molecular weight excluding hydrogens is 390 g/mol. The molecule has 5 nitrogen and oxygen atoms in total. The van der Waals surface area contributed by atoms with Crippen LogP contribution in [-0.2, 0) is 0 Å². The standard InChI is InChI=1S/C24H21N5S/c1-17-12-13-21(28(17)19-10-7-14-25-16-19)23-22(20-11-5-6-15-26-20)27-24(30)29(23)18-8-3-2-4-9-18/h2-16,22-23H,1H3,(H,27,30). The minimum atomic E-state index is -0.0800.